The number of nitrogens with one attached hydrogen (secondary N) is 1. The lowest BCUT2D eigenvalue weighted by molar-refractivity contribution is 0.0383. The van der Waals surface area contributed by atoms with Crippen LogP contribution in [0, 0.1) is 12.8 Å². The molecule has 0 spiro atoms. The van der Waals surface area contributed by atoms with E-state index in [0.29, 0.717) is 39.6 Å². The number of nitrogens with zero attached hydrogens (tertiary/aromatic N) is 2. The molecule has 0 aromatic carbocycles. The van der Waals surface area contributed by atoms with Crippen molar-refractivity contribution in [3.63, 3.8) is 0 Å². The summed E-state index contributed by atoms with van der Waals surface area (Å²) in [5.74, 6) is 0.263. The first-order valence-electron chi connectivity index (χ1n) is 9.77. The molecule has 0 aliphatic heterocycles. The first-order valence-corrected chi connectivity index (χ1v) is 10.6. The summed E-state index contributed by atoms with van der Waals surface area (Å²) in [4.78, 5) is 35.4. The Balaban J connectivity index is 2.33. The standard InChI is InChI=1S/C20H31N3O4S/c1-7-8-23(9-14(24)11(2)3)10-15-21-18(25)16-13(6)17(28-19(16)22-15)20(26)27-12(4)5/h11-12,14,24H,7-10H2,1-6H3,(H,21,22,25). The summed E-state index contributed by atoms with van der Waals surface area (Å²) >= 11 is 1.19. The third-order valence-electron chi connectivity index (χ3n) is 4.51. The lowest BCUT2D eigenvalue weighted by Crippen LogP contribution is -2.36. The van der Waals surface area contributed by atoms with Gasteiger partial charge in [-0.3, -0.25) is 9.69 Å². The summed E-state index contributed by atoms with van der Waals surface area (Å²) in [5.41, 5.74) is 0.352. The molecule has 2 heterocycles. The summed E-state index contributed by atoms with van der Waals surface area (Å²) in [6.45, 7) is 13.1. The zero-order valence-corrected chi connectivity index (χ0v) is 18.4. The number of hydrogen-bond donors (Lipinski definition) is 2. The number of aliphatic hydroxyl groups excluding tert-OH is 1. The van der Waals surface area contributed by atoms with Gasteiger partial charge in [-0.05, 0) is 45.2 Å². The number of fused-ring (bicyclic) bond motifs is 1. The van der Waals surface area contributed by atoms with E-state index < -0.39 is 12.1 Å². The maximum absolute atomic E-state index is 12.6. The quantitative estimate of drug-likeness (QED) is 0.618. The fourth-order valence-electron chi connectivity index (χ4n) is 2.96. The number of thiophene rings is 1. The molecule has 2 rings (SSSR count). The summed E-state index contributed by atoms with van der Waals surface area (Å²) in [5, 5.41) is 10.7. The molecule has 28 heavy (non-hydrogen) atoms. The van der Waals surface area contributed by atoms with Crippen LogP contribution in [0.5, 0.6) is 0 Å². The molecular weight excluding hydrogens is 378 g/mol. The molecule has 156 valence electrons. The predicted molar refractivity (Wildman–Crippen MR) is 112 cm³/mol. The topological polar surface area (TPSA) is 95.5 Å². The van der Waals surface area contributed by atoms with E-state index in [1.165, 1.54) is 11.3 Å². The summed E-state index contributed by atoms with van der Waals surface area (Å²) in [6.07, 6.45) is 0.262. The summed E-state index contributed by atoms with van der Waals surface area (Å²) < 4.78 is 5.27. The van der Waals surface area contributed by atoms with Crippen molar-refractivity contribution in [3.05, 3.63) is 26.6 Å². The molecule has 0 radical (unpaired) electrons. The number of aromatic amines is 1. The third kappa shape index (κ3) is 5.40. The second-order valence-electron chi connectivity index (χ2n) is 7.75. The van der Waals surface area contributed by atoms with Gasteiger partial charge in [0, 0.05) is 6.54 Å². The molecule has 0 fully saturated rings. The van der Waals surface area contributed by atoms with Gasteiger partial charge in [0.2, 0.25) is 0 Å². The first kappa shape index (κ1) is 22.5. The van der Waals surface area contributed by atoms with Gasteiger partial charge in [0.05, 0.1) is 24.1 Å². The van der Waals surface area contributed by atoms with Crippen LogP contribution < -0.4 is 5.56 Å². The Labute approximate surface area is 169 Å². The fraction of sp³-hybridized carbons (Fsp3) is 0.650. The van der Waals surface area contributed by atoms with Gasteiger partial charge in [-0.25, -0.2) is 9.78 Å². The zero-order valence-electron chi connectivity index (χ0n) is 17.5. The number of carbonyl (C=O) groups is 1. The minimum absolute atomic E-state index is 0.156. The molecular formula is C20H31N3O4S. The van der Waals surface area contributed by atoms with E-state index in [9.17, 15) is 14.7 Å². The van der Waals surface area contributed by atoms with Crippen LogP contribution in [-0.2, 0) is 11.3 Å². The smallest absolute Gasteiger partial charge is 0.348 e. The van der Waals surface area contributed by atoms with Crippen molar-refractivity contribution in [2.75, 3.05) is 13.1 Å². The van der Waals surface area contributed by atoms with Gasteiger partial charge in [-0.1, -0.05) is 20.8 Å². The van der Waals surface area contributed by atoms with Crippen LogP contribution in [0.15, 0.2) is 4.79 Å². The van der Waals surface area contributed by atoms with Crippen molar-refractivity contribution in [3.8, 4) is 0 Å². The molecule has 1 atom stereocenters. The van der Waals surface area contributed by atoms with Gasteiger partial charge in [-0.15, -0.1) is 11.3 Å². The second-order valence-corrected chi connectivity index (χ2v) is 8.75. The molecule has 1 unspecified atom stereocenters. The highest BCUT2D eigenvalue weighted by molar-refractivity contribution is 7.20. The van der Waals surface area contributed by atoms with Crippen LogP contribution >= 0.6 is 11.3 Å². The highest BCUT2D eigenvalue weighted by Gasteiger charge is 2.22. The van der Waals surface area contributed by atoms with Gasteiger partial charge < -0.3 is 14.8 Å². The minimum Gasteiger partial charge on any atom is -0.459 e. The van der Waals surface area contributed by atoms with E-state index in [0.717, 1.165) is 13.0 Å². The van der Waals surface area contributed by atoms with Crippen LogP contribution in [0.4, 0.5) is 0 Å². The molecule has 0 saturated carbocycles. The highest BCUT2D eigenvalue weighted by atomic mass is 32.1. The molecule has 0 aliphatic carbocycles. The van der Waals surface area contributed by atoms with Crippen molar-refractivity contribution in [1.29, 1.82) is 0 Å². The van der Waals surface area contributed by atoms with Crippen molar-refractivity contribution < 1.29 is 14.6 Å². The molecule has 0 amide bonds. The van der Waals surface area contributed by atoms with Crippen LogP contribution in [0.3, 0.4) is 0 Å². The van der Waals surface area contributed by atoms with E-state index >= 15 is 0 Å². The van der Waals surface area contributed by atoms with Crippen LogP contribution in [0.25, 0.3) is 10.2 Å². The number of aryl methyl sites for hydroxylation is 1. The molecule has 0 saturated heterocycles. The minimum atomic E-state index is -0.441. The van der Waals surface area contributed by atoms with E-state index in [1.54, 1.807) is 20.8 Å². The third-order valence-corrected chi connectivity index (χ3v) is 5.67. The number of aliphatic hydroxyl groups is 1. The van der Waals surface area contributed by atoms with Crippen LogP contribution in [0.2, 0.25) is 0 Å². The Hall–Kier alpha value is -1.77. The molecule has 2 aromatic heterocycles. The lowest BCUT2D eigenvalue weighted by atomic mass is 10.1. The Morgan fingerprint density at radius 2 is 2.00 bits per heavy atom. The molecule has 2 N–H and O–H groups in total. The largest absolute Gasteiger partial charge is 0.459 e. The number of hydrogen-bond acceptors (Lipinski definition) is 7. The summed E-state index contributed by atoms with van der Waals surface area (Å²) in [6, 6.07) is 0. The predicted octanol–water partition coefficient (Wildman–Crippen LogP) is 3.09. The Bertz CT molecular complexity index is 872. The molecule has 2 aromatic rings. The molecule has 0 bridgehead atoms. The number of rotatable bonds is 9. The Kier molecular flexibility index (Phi) is 7.74. The van der Waals surface area contributed by atoms with Gasteiger partial charge in [0.15, 0.2) is 0 Å². The summed E-state index contributed by atoms with van der Waals surface area (Å²) in [7, 11) is 0. The van der Waals surface area contributed by atoms with Crippen molar-refractivity contribution in [2.45, 2.75) is 66.7 Å². The number of H-pyrrole nitrogens is 1. The monoisotopic (exact) mass is 409 g/mol. The number of carbonyl (C=O) groups excluding carboxylic acids is 1. The maximum Gasteiger partial charge on any atom is 0.348 e. The fourth-order valence-corrected chi connectivity index (χ4v) is 4.05. The van der Waals surface area contributed by atoms with Gasteiger partial charge >= 0.3 is 5.97 Å². The van der Waals surface area contributed by atoms with Crippen molar-refractivity contribution >= 4 is 27.5 Å². The van der Waals surface area contributed by atoms with E-state index in [1.807, 2.05) is 13.8 Å². The average molecular weight is 410 g/mol. The van der Waals surface area contributed by atoms with E-state index in [-0.39, 0.29) is 17.6 Å². The Morgan fingerprint density at radius 3 is 2.57 bits per heavy atom. The number of ether oxygens (including phenoxy) is 1. The number of aromatic nitrogens is 2. The zero-order chi connectivity index (χ0) is 21.0. The Morgan fingerprint density at radius 1 is 1.32 bits per heavy atom. The molecule has 7 nitrogen and oxygen atoms in total. The van der Waals surface area contributed by atoms with E-state index in [2.05, 4.69) is 21.8 Å². The van der Waals surface area contributed by atoms with Gasteiger partial charge in [0.1, 0.15) is 15.5 Å². The highest BCUT2D eigenvalue weighted by Crippen LogP contribution is 2.28. The van der Waals surface area contributed by atoms with Crippen LogP contribution in [0.1, 0.15) is 62.1 Å². The normalized spacial score (nSPS) is 13.1. The first-order chi connectivity index (χ1) is 13.1. The maximum atomic E-state index is 12.6. The number of esters is 1. The van der Waals surface area contributed by atoms with E-state index in [4.69, 9.17) is 4.74 Å². The van der Waals surface area contributed by atoms with Crippen LogP contribution in [-0.4, -0.2) is 51.2 Å². The van der Waals surface area contributed by atoms with Gasteiger partial charge in [0.25, 0.3) is 5.56 Å². The second kappa shape index (κ2) is 9.62. The van der Waals surface area contributed by atoms with Crippen molar-refractivity contribution in [2.24, 2.45) is 5.92 Å². The SMILES string of the molecule is CCCN(Cc1nc2sc(C(=O)OC(C)C)c(C)c2c(=O)[nH]1)CC(O)C(C)C. The van der Waals surface area contributed by atoms with Gasteiger partial charge in [-0.2, -0.15) is 0 Å². The van der Waals surface area contributed by atoms with Crippen molar-refractivity contribution in [1.82, 2.24) is 14.9 Å². The average Bonchev–Trinajstić information content (AvgIpc) is 2.91. The molecule has 8 heteroatoms. The lowest BCUT2D eigenvalue weighted by Gasteiger charge is -2.25. The molecule has 0 aliphatic rings.